The minimum atomic E-state index is 0.121. The maximum absolute atomic E-state index is 2.32. The summed E-state index contributed by atoms with van der Waals surface area (Å²) < 4.78 is 0. The highest BCUT2D eigenvalue weighted by molar-refractivity contribution is 6.07. The molecule has 142 valence electrons. The van der Waals surface area contributed by atoms with E-state index in [1.54, 1.807) is 0 Å². The van der Waals surface area contributed by atoms with Gasteiger partial charge < -0.3 is 0 Å². The molecule has 0 saturated heterocycles. The first-order valence-corrected chi connectivity index (χ1v) is 10.2. The van der Waals surface area contributed by atoms with Crippen molar-refractivity contribution in [3.63, 3.8) is 0 Å². The van der Waals surface area contributed by atoms with E-state index in [-0.39, 0.29) is 10.8 Å². The zero-order chi connectivity index (χ0) is 20.1. The molecule has 0 heteroatoms. The van der Waals surface area contributed by atoms with Gasteiger partial charge in [0.25, 0.3) is 0 Å². The average molecular weight is 351 g/mol. The van der Waals surface area contributed by atoms with Gasteiger partial charge in [0, 0.05) is 0 Å². The van der Waals surface area contributed by atoms with Crippen LogP contribution in [0.4, 0.5) is 0 Å². The fourth-order valence-corrected chi connectivity index (χ4v) is 3.74. The third kappa shape index (κ3) is 4.29. The van der Waals surface area contributed by atoms with E-state index >= 15 is 0 Å². The standard InChI is InChI=1S/C22H26.2C2H6/c1-21(2,3)19-15-11-7-9-13-17(15)20(22(4,5)6)18-14-10-8-12-16(18)19;2*1-2/h7-14H,1-6H3;2*1-2H3. The summed E-state index contributed by atoms with van der Waals surface area (Å²) in [5, 5.41) is 5.61. The Morgan fingerprint density at radius 3 is 0.769 bits per heavy atom. The van der Waals surface area contributed by atoms with Gasteiger partial charge in [0.15, 0.2) is 0 Å². The molecule has 0 atom stereocenters. The molecule has 0 heterocycles. The van der Waals surface area contributed by atoms with E-state index in [2.05, 4.69) is 90.1 Å². The van der Waals surface area contributed by atoms with Gasteiger partial charge in [-0.3, -0.25) is 0 Å². The van der Waals surface area contributed by atoms with Crippen LogP contribution in [-0.4, -0.2) is 0 Å². The van der Waals surface area contributed by atoms with Crippen molar-refractivity contribution in [1.82, 2.24) is 0 Å². The summed E-state index contributed by atoms with van der Waals surface area (Å²) in [4.78, 5) is 0. The Balaban J connectivity index is 0.000000791. The molecule has 3 aromatic rings. The summed E-state index contributed by atoms with van der Waals surface area (Å²) in [5.74, 6) is 0. The Bertz CT molecular complexity index is 710. The second kappa shape index (κ2) is 8.71. The smallest absolute Gasteiger partial charge is 0.0120 e. The molecule has 0 nitrogen and oxygen atoms in total. The maximum atomic E-state index is 2.32. The second-order valence-electron chi connectivity index (χ2n) is 8.34. The topological polar surface area (TPSA) is 0 Å². The fraction of sp³-hybridized carbons (Fsp3) is 0.462. The van der Waals surface area contributed by atoms with Crippen LogP contribution >= 0.6 is 0 Å². The van der Waals surface area contributed by atoms with Crippen LogP contribution in [0.2, 0.25) is 0 Å². The van der Waals surface area contributed by atoms with Crippen molar-refractivity contribution >= 4 is 21.5 Å². The Hall–Kier alpha value is -1.82. The Morgan fingerprint density at radius 1 is 0.423 bits per heavy atom. The van der Waals surface area contributed by atoms with Crippen molar-refractivity contribution in [3.8, 4) is 0 Å². The first-order chi connectivity index (χ1) is 12.2. The van der Waals surface area contributed by atoms with Crippen LogP contribution in [0.3, 0.4) is 0 Å². The van der Waals surface area contributed by atoms with Crippen LogP contribution in [0.1, 0.15) is 80.4 Å². The van der Waals surface area contributed by atoms with Crippen molar-refractivity contribution in [2.45, 2.75) is 80.1 Å². The molecular formula is C26H38. The van der Waals surface area contributed by atoms with Gasteiger partial charge in [-0.1, -0.05) is 118 Å². The quantitative estimate of drug-likeness (QED) is 0.356. The monoisotopic (exact) mass is 350 g/mol. The van der Waals surface area contributed by atoms with Crippen molar-refractivity contribution in [1.29, 1.82) is 0 Å². The maximum Gasteiger partial charge on any atom is -0.0120 e. The zero-order valence-electron chi connectivity index (χ0n) is 18.6. The predicted octanol–water partition coefficient (Wildman–Crippen LogP) is 8.64. The highest BCUT2D eigenvalue weighted by atomic mass is 14.3. The first-order valence-electron chi connectivity index (χ1n) is 10.2. The molecule has 0 spiro atoms. The summed E-state index contributed by atoms with van der Waals surface area (Å²) >= 11 is 0. The number of hydrogen-bond acceptors (Lipinski definition) is 0. The van der Waals surface area contributed by atoms with Gasteiger partial charge in [0.05, 0.1) is 0 Å². The lowest BCUT2D eigenvalue weighted by atomic mass is 9.74. The van der Waals surface area contributed by atoms with Crippen LogP contribution in [-0.2, 0) is 10.8 Å². The molecular weight excluding hydrogens is 312 g/mol. The van der Waals surface area contributed by atoms with Crippen molar-refractivity contribution in [2.75, 3.05) is 0 Å². The molecule has 0 aromatic heterocycles. The Labute approximate surface area is 161 Å². The molecule has 0 amide bonds. The molecule has 0 saturated carbocycles. The lowest BCUT2D eigenvalue weighted by Crippen LogP contribution is -2.17. The molecule has 26 heavy (non-hydrogen) atoms. The molecule has 3 aromatic carbocycles. The molecule has 0 bridgehead atoms. The van der Waals surface area contributed by atoms with Gasteiger partial charge in [-0.25, -0.2) is 0 Å². The molecule has 3 rings (SSSR count). The molecule has 0 N–H and O–H groups in total. The molecule has 0 radical (unpaired) electrons. The molecule has 0 aliphatic rings. The van der Waals surface area contributed by atoms with Crippen molar-refractivity contribution < 1.29 is 0 Å². The van der Waals surface area contributed by atoms with Crippen LogP contribution in [0, 0.1) is 0 Å². The third-order valence-corrected chi connectivity index (χ3v) is 4.43. The van der Waals surface area contributed by atoms with E-state index < -0.39 is 0 Å². The van der Waals surface area contributed by atoms with Gasteiger partial charge in [-0.2, -0.15) is 0 Å². The summed E-state index contributed by atoms with van der Waals surface area (Å²) in [5.41, 5.74) is 3.17. The van der Waals surface area contributed by atoms with E-state index in [9.17, 15) is 0 Å². The lowest BCUT2D eigenvalue weighted by Gasteiger charge is -2.30. The van der Waals surface area contributed by atoms with Crippen LogP contribution in [0.5, 0.6) is 0 Å². The second-order valence-corrected chi connectivity index (χ2v) is 8.34. The van der Waals surface area contributed by atoms with E-state index in [0.29, 0.717) is 0 Å². The summed E-state index contributed by atoms with van der Waals surface area (Å²) in [6, 6.07) is 17.8. The summed E-state index contributed by atoms with van der Waals surface area (Å²) in [7, 11) is 0. The van der Waals surface area contributed by atoms with E-state index in [1.807, 2.05) is 27.7 Å². The number of fused-ring (bicyclic) bond motifs is 2. The molecule has 0 unspecified atom stereocenters. The number of rotatable bonds is 0. The van der Waals surface area contributed by atoms with Gasteiger partial charge in [-0.15, -0.1) is 0 Å². The van der Waals surface area contributed by atoms with Crippen LogP contribution < -0.4 is 0 Å². The molecule has 0 aliphatic heterocycles. The molecule has 0 aliphatic carbocycles. The van der Waals surface area contributed by atoms with Crippen molar-refractivity contribution in [3.05, 3.63) is 59.7 Å². The van der Waals surface area contributed by atoms with Crippen LogP contribution in [0.25, 0.3) is 21.5 Å². The zero-order valence-corrected chi connectivity index (χ0v) is 18.6. The average Bonchev–Trinajstić information content (AvgIpc) is 2.60. The predicted molar refractivity (Wildman–Crippen MR) is 122 cm³/mol. The Morgan fingerprint density at radius 2 is 0.615 bits per heavy atom. The SMILES string of the molecule is CC.CC.CC(C)(C)c1c2ccccc2c(C(C)(C)C)c2ccccc12. The minimum absolute atomic E-state index is 0.121. The van der Waals surface area contributed by atoms with Crippen molar-refractivity contribution in [2.24, 2.45) is 0 Å². The fourth-order valence-electron chi connectivity index (χ4n) is 3.74. The van der Waals surface area contributed by atoms with Gasteiger partial charge in [-0.05, 0) is 43.5 Å². The van der Waals surface area contributed by atoms with Gasteiger partial charge in [0.1, 0.15) is 0 Å². The summed E-state index contributed by atoms with van der Waals surface area (Å²) in [6.07, 6.45) is 0. The largest absolute Gasteiger partial charge is 0.0683 e. The third-order valence-electron chi connectivity index (χ3n) is 4.43. The highest BCUT2D eigenvalue weighted by Crippen LogP contribution is 2.43. The first kappa shape index (κ1) is 22.2. The number of hydrogen-bond donors (Lipinski definition) is 0. The van der Waals surface area contributed by atoms with E-state index in [0.717, 1.165) is 0 Å². The molecule has 0 fully saturated rings. The summed E-state index contributed by atoms with van der Waals surface area (Å²) in [6.45, 7) is 21.9. The van der Waals surface area contributed by atoms with E-state index in [1.165, 1.54) is 32.7 Å². The Kier molecular flexibility index (Phi) is 7.45. The van der Waals surface area contributed by atoms with Gasteiger partial charge in [0.2, 0.25) is 0 Å². The van der Waals surface area contributed by atoms with E-state index in [4.69, 9.17) is 0 Å². The van der Waals surface area contributed by atoms with Crippen LogP contribution in [0.15, 0.2) is 48.5 Å². The minimum Gasteiger partial charge on any atom is -0.0683 e. The highest BCUT2D eigenvalue weighted by Gasteiger charge is 2.26. The van der Waals surface area contributed by atoms with Gasteiger partial charge >= 0.3 is 0 Å². The lowest BCUT2D eigenvalue weighted by molar-refractivity contribution is 0.593. The normalized spacial score (nSPS) is 11.5. The number of benzene rings is 3.